The summed E-state index contributed by atoms with van der Waals surface area (Å²) >= 11 is 0. The number of ether oxygens (including phenoxy) is 1. The van der Waals surface area contributed by atoms with Crippen molar-refractivity contribution in [2.24, 2.45) is 0 Å². The minimum Gasteiger partial charge on any atom is -0.413 e. The van der Waals surface area contributed by atoms with Crippen LogP contribution < -0.4 is 51.4 Å². The smallest absolute Gasteiger partial charge is 0.413 e. The average molecular weight is 140 g/mol. The number of hydrogen-bond acceptors (Lipinski definition) is 1. The molecule has 0 aromatic carbocycles. The number of rotatable bonds is 4. The minimum absolute atomic E-state index is 0. The predicted molar refractivity (Wildman–Crippen MR) is 31.1 cm³/mol. The normalized spacial score (nSPS) is 8.25. The molecule has 0 saturated heterocycles. The van der Waals surface area contributed by atoms with Crippen molar-refractivity contribution in [3.63, 3.8) is 0 Å². The fourth-order valence-corrected chi connectivity index (χ4v) is 0.348. The van der Waals surface area contributed by atoms with E-state index in [1.807, 2.05) is 0 Å². The minimum atomic E-state index is 0. The Labute approximate surface area is 94.6 Å². The molecule has 0 saturated carbocycles. The van der Waals surface area contributed by atoms with Gasteiger partial charge >= 0.3 is 51.4 Å². The van der Waals surface area contributed by atoms with E-state index in [-0.39, 0.29) is 51.4 Å². The van der Waals surface area contributed by atoms with Gasteiger partial charge in [-0.05, 0) is 6.42 Å². The Morgan fingerprint density at radius 1 is 1.50 bits per heavy atom. The summed E-state index contributed by atoms with van der Waals surface area (Å²) in [5.74, 6) is 0. The van der Waals surface area contributed by atoms with Crippen LogP contribution in [0.1, 0.15) is 19.8 Å². The summed E-state index contributed by atoms with van der Waals surface area (Å²) in [4.78, 5) is 0. The Balaban J connectivity index is 0. The van der Waals surface area contributed by atoms with Crippen molar-refractivity contribution < 1.29 is 56.1 Å². The standard InChI is InChI=1S/C6H13O.K/c1-3-5-6-7-4-2;/h2-6H2,1H3;/q-1;+1. The van der Waals surface area contributed by atoms with E-state index in [0.29, 0.717) is 6.61 Å². The molecule has 8 heavy (non-hydrogen) atoms. The van der Waals surface area contributed by atoms with Gasteiger partial charge in [0.05, 0.1) is 0 Å². The van der Waals surface area contributed by atoms with Crippen molar-refractivity contribution >= 4 is 0 Å². The van der Waals surface area contributed by atoms with Crippen LogP contribution in [-0.4, -0.2) is 13.2 Å². The van der Waals surface area contributed by atoms with Gasteiger partial charge in [0.2, 0.25) is 0 Å². The third kappa shape index (κ3) is 10.6. The molecule has 44 valence electrons. The number of unbranched alkanes of at least 4 members (excludes halogenated alkanes) is 1. The summed E-state index contributed by atoms with van der Waals surface area (Å²) in [6.45, 7) is 7.17. The molecular weight excluding hydrogens is 127 g/mol. The van der Waals surface area contributed by atoms with Gasteiger partial charge in [0.15, 0.2) is 0 Å². The van der Waals surface area contributed by atoms with Crippen LogP contribution in [0.25, 0.3) is 0 Å². The van der Waals surface area contributed by atoms with Crippen LogP contribution in [0.4, 0.5) is 0 Å². The zero-order valence-corrected chi connectivity index (χ0v) is 9.07. The molecule has 0 radical (unpaired) electrons. The Morgan fingerprint density at radius 2 is 2.12 bits per heavy atom. The molecule has 0 aliphatic carbocycles. The van der Waals surface area contributed by atoms with Crippen molar-refractivity contribution in [1.82, 2.24) is 0 Å². The SMILES string of the molecule is [CH2-]COCCCC.[K+]. The molecule has 0 heterocycles. The van der Waals surface area contributed by atoms with Gasteiger partial charge in [-0.2, -0.15) is 0 Å². The second-order valence-corrected chi connectivity index (χ2v) is 1.47. The monoisotopic (exact) mass is 140 g/mol. The molecule has 0 atom stereocenters. The third-order valence-electron chi connectivity index (χ3n) is 0.787. The molecule has 0 amide bonds. The zero-order chi connectivity index (χ0) is 5.54. The summed E-state index contributed by atoms with van der Waals surface area (Å²) in [7, 11) is 0. The van der Waals surface area contributed by atoms with Crippen molar-refractivity contribution in [2.75, 3.05) is 13.2 Å². The van der Waals surface area contributed by atoms with E-state index in [1.165, 1.54) is 6.42 Å². The van der Waals surface area contributed by atoms with Crippen molar-refractivity contribution in [3.05, 3.63) is 6.92 Å². The molecule has 0 aliphatic heterocycles. The fraction of sp³-hybridized carbons (Fsp3) is 0.833. The van der Waals surface area contributed by atoms with Crippen molar-refractivity contribution in [1.29, 1.82) is 0 Å². The zero-order valence-electron chi connectivity index (χ0n) is 5.94. The quantitative estimate of drug-likeness (QED) is 0.266. The Morgan fingerprint density at radius 3 is 2.50 bits per heavy atom. The maximum Gasteiger partial charge on any atom is 1.00 e. The van der Waals surface area contributed by atoms with E-state index in [4.69, 9.17) is 4.74 Å². The van der Waals surface area contributed by atoms with E-state index in [1.54, 1.807) is 0 Å². The van der Waals surface area contributed by atoms with Crippen LogP contribution in [-0.2, 0) is 4.74 Å². The average Bonchev–Trinajstić information content (AvgIpc) is 1.69. The summed E-state index contributed by atoms with van der Waals surface area (Å²) < 4.78 is 4.96. The Hall–Kier alpha value is 1.60. The molecule has 0 rings (SSSR count). The van der Waals surface area contributed by atoms with Crippen LogP contribution in [0.3, 0.4) is 0 Å². The number of hydrogen-bond donors (Lipinski definition) is 0. The predicted octanol–water partition coefficient (Wildman–Crippen LogP) is -1.36. The molecule has 2 heteroatoms. The van der Waals surface area contributed by atoms with Gasteiger partial charge in [-0.25, -0.2) is 0 Å². The van der Waals surface area contributed by atoms with Gasteiger partial charge in [-0.3, -0.25) is 0 Å². The van der Waals surface area contributed by atoms with Gasteiger partial charge in [0.1, 0.15) is 0 Å². The van der Waals surface area contributed by atoms with E-state index >= 15 is 0 Å². The summed E-state index contributed by atoms with van der Waals surface area (Å²) in [6.07, 6.45) is 2.37. The summed E-state index contributed by atoms with van der Waals surface area (Å²) in [5.41, 5.74) is 0. The van der Waals surface area contributed by atoms with Gasteiger partial charge < -0.3 is 11.7 Å². The maximum atomic E-state index is 4.96. The first-order chi connectivity index (χ1) is 3.41. The molecule has 0 aromatic heterocycles. The first-order valence-corrected chi connectivity index (χ1v) is 2.78. The van der Waals surface area contributed by atoms with Crippen LogP contribution in [0, 0.1) is 6.92 Å². The molecule has 1 nitrogen and oxygen atoms in total. The van der Waals surface area contributed by atoms with E-state index in [2.05, 4.69) is 13.8 Å². The molecule has 0 N–H and O–H groups in total. The maximum absolute atomic E-state index is 4.96. The molecule has 0 aromatic rings. The van der Waals surface area contributed by atoms with Gasteiger partial charge in [-0.1, -0.05) is 20.0 Å². The van der Waals surface area contributed by atoms with Crippen LogP contribution in [0.15, 0.2) is 0 Å². The van der Waals surface area contributed by atoms with Gasteiger partial charge in [0.25, 0.3) is 0 Å². The van der Waals surface area contributed by atoms with E-state index < -0.39 is 0 Å². The molecule has 0 bridgehead atoms. The van der Waals surface area contributed by atoms with Crippen molar-refractivity contribution in [3.8, 4) is 0 Å². The van der Waals surface area contributed by atoms with Crippen molar-refractivity contribution in [2.45, 2.75) is 19.8 Å². The Kier molecular flexibility index (Phi) is 17.5. The second-order valence-electron chi connectivity index (χ2n) is 1.47. The fourth-order valence-electron chi connectivity index (χ4n) is 0.348. The van der Waals surface area contributed by atoms with E-state index in [0.717, 1.165) is 13.0 Å². The third-order valence-corrected chi connectivity index (χ3v) is 0.787. The van der Waals surface area contributed by atoms with Crippen LogP contribution in [0.2, 0.25) is 0 Å². The largest absolute Gasteiger partial charge is 1.00 e. The van der Waals surface area contributed by atoms with Crippen LogP contribution >= 0.6 is 0 Å². The molecule has 0 unspecified atom stereocenters. The first kappa shape index (κ1) is 12.3. The molecule has 0 aliphatic rings. The van der Waals surface area contributed by atoms with Crippen LogP contribution in [0.5, 0.6) is 0 Å². The van der Waals surface area contributed by atoms with E-state index in [9.17, 15) is 0 Å². The second kappa shape index (κ2) is 11.4. The molecule has 0 spiro atoms. The van der Waals surface area contributed by atoms with Gasteiger partial charge in [-0.15, -0.1) is 0 Å². The molecule has 0 fully saturated rings. The van der Waals surface area contributed by atoms with Gasteiger partial charge in [0, 0.05) is 6.61 Å². The Bertz CT molecular complexity index is 27.7. The topological polar surface area (TPSA) is 9.23 Å². The summed E-state index contributed by atoms with van der Waals surface area (Å²) in [6, 6.07) is 0. The first-order valence-electron chi connectivity index (χ1n) is 2.78. The molecular formula is C6H13KO. The summed E-state index contributed by atoms with van der Waals surface area (Å²) in [5, 5.41) is 0.